The number of carbonyl (C=O) groups excluding carboxylic acids is 1. The van der Waals surface area contributed by atoms with Crippen LogP contribution in [-0.2, 0) is 4.79 Å². The predicted molar refractivity (Wildman–Crippen MR) is 58.1 cm³/mol. The summed E-state index contributed by atoms with van der Waals surface area (Å²) in [5.74, 6) is -1.16. The van der Waals surface area contributed by atoms with Crippen LogP contribution < -0.4 is 0 Å². The maximum Gasteiger partial charge on any atom is 0.326 e. The summed E-state index contributed by atoms with van der Waals surface area (Å²) in [7, 11) is 0. The molecule has 0 bridgehead atoms. The van der Waals surface area contributed by atoms with Crippen LogP contribution in [0.3, 0.4) is 0 Å². The zero-order chi connectivity index (χ0) is 11.7. The minimum atomic E-state index is -0.962. The second-order valence-electron chi connectivity index (χ2n) is 3.60. The van der Waals surface area contributed by atoms with Crippen molar-refractivity contribution in [2.45, 2.75) is 18.9 Å². The van der Waals surface area contributed by atoms with Crippen LogP contribution in [0, 0.1) is 0 Å². The molecule has 1 aromatic heterocycles. The molecule has 0 aliphatic carbocycles. The summed E-state index contributed by atoms with van der Waals surface area (Å²) in [4.78, 5) is 24.2. The maximum atomic E-state index is 11.9. The van der Waals surface area contributed by atoms with Crippen LogP contribution in [0.4, 0.5) is 0 Å². The molecule has 2 rings (SSSR count). The van der Waals surface area contributed by atoms with Gasteiger partial charge < -0.3 is 14.4 Å². The number of carboxylic acids is 1. The van der Waals surface area contributed by atoms with Gasteiger partial charge in [0.25, 0.3) is 5.91 Å². The smallest absolute Gasteiger partial charge is 0.326 e. The van der Waals surface area contributed by atoms with Gasteiger partial charge in [0, 0.05) is 6.54 Å². The lowest BCUT2D eigenvalue weighted by Crippen LogP contribution is -2.40. The van der Waals surface area contributed by atoms with Crippen LogP contribution in [0.15, 0.2) is 21.2 Å². The minimum Gasteiger partial charge on any atom is -0.480 e. The fourth-order valence-corrected chi connectivity index (χ4v) is 2.14. The van der Waals surface area contributed by atoms with E-state index in [1.807, 2.05) is 0 Å². The Hall–Kier alpha value is -1.30. The van der Waals surface area contributed by atoms with Crippen molar-refractivity contribution >= 4 is 27.8 Å². The van der Waals surface area contributed by atoms with Crippen molar-refractivity contribution in [3.8, 4) is 0 Å². The van der Waals surface area contributed by atoms with Gasteiger partial charge in [-0.15, -0.1) is 0 Å². The molecule has 0 aromatic carbocycles. The van der Waals surface area contributed by atoms with Gasteiger partial charge >= 0.3 is 5.97 Å². The summed E-state index contributed by atoms with van der Waals surface area (Å²) >= 11 is 3.10. The SMILES string of the molecule is O=C(O)[C@@H]1CCCN1C(=O)c1ccc(Br)o1. The van der Waals surface area contributed by atoms with Crippen molar-refractivity contribution in [3.05, 3.63) is 22.6 Å². The summed E-state index contributed by atoms with van der Waals surface area (Å²) in [6.07, 6.45) is 1.22. The summed E-state index contributed by atoms with van der Waals surface area (Å²) in [6, 6.07) is 2.42. The highest BCUT2D eigenvalue weighted by atomic mass is 79.9. The van der Waals surface area contributed by atoms with E-state index < -0.39 is 12.0 Å². The molecule has 0 unspecified atom stereocenters. The highest BCUT2D eigenvalue weighted by Gasteiger charge is 2.35. The van der Waals surface area contributed by atoms with Crippen LogP contribution in [0.25, 0.3) is 0 Å². The fraction of sp³-hybridized carbons (Fsp3) is 0.400. The van der Waals surface area contributed by atoms with Gasteiger partial charge in [-0.1, -0.05) is 0 Å². The zero-order valence-electron chi connectivity index (χ0n) is 8.35. The largest absolute Gasteiger partial charge is 0.480 e. The van der Waals surface area contributed by atoms with Crippen LogP contribution in [0.5, 0.6) is 0 Å². The van der Waals surface area contributed by atoms with Crippen molar-refractivity contribution in [3.63, 3.8) is 0 Å². The van der Waals surface area contributed by atoms with E-state index in [2.05, 4.69) is 15.9 Å². The molecule has 0 spiro atoms. The Bertz CT molecular complexity index is 428. The molecular weight excluding hydrogens is 278 g/mol. The van der Waals surface area contributed by atoms with Crippen LogP contribution in [0.1, 0.15) is 23.4 Å². The lowest BCUT2D eigenvalue weighted by atomic mass is 10.2. The molecule has 1 saturated heterocycles. The molecule has 1 aliphatic heterocycles. The molecule has 1 aliphatic rings. The van der Waals surface area contributed by atoms with Crippen LogP contribution >= 0.6 is 15.9 Å². The van der Waals surface area contributed by atoms with E-state index in [9.17, 15) is 9.59 Å². The van der Waals surface area contributed by atoms with Gasteiger partial charge in [0.1, 0.15) is 6.04 Å². The van der Waals surface area contributed by atoms with Crippen LogP contribution in [0.2, 0.25) is 0 Å². The Labute approximate surface area is 100 Å². The molecule has 1 fully saturated rings. The lowest BCUT2D eigenvalue weighted by molar-refractivity contribution is -0.141. The number of halogens is 1. The number of hydrogen-bond acceptors (Lipinski definition) is 3. The first-order chi connectivity index (χ1) is 7.59. The third kappa shape index (κ3) is 1.97. The Morgan fingerprint density at radius 1 is 1.50 bits per heavy atom. The summed E-state index contributed by atoms with van der Waals surface area (Å²) in [5.41, 5.74) is 0. The number of hydrogen-bond donors (Lipinski definition) is 1. The van der Waals surface area contributed by atoms with Crippen molar-refractivity contribution in [2.75, 3.05) is 6.54 Å². The topological polar surface area (TPSA) is 70.8 Å². The van der Waals surface area contributed by atoms with Gasteiger partial charge in [0.15, 0.2) is 10.4 Å². The molecule has 6 heteroatoms. The van der Waals surface area contributed by atoms with E-state index >= 15 is 0 Å². The van der Waals surface area contributed by atoms with Gasteiger partial charge in [-0.3, -0.25) is 4.79 Å². The first-order valence-electron chi connectivity index (χ1n) is 4.88. The van der Waals surface area contributed by atoms with E-state index in [1.54, 1.807) is 6.07 Å². The number of rotatable bonds is 2. The predicted octanol–water partition coefficient (Wildman–Crippen LogP) is 1.73. The molecule has 1 amide bonds. The van der Waals surface area contributed by atoms with Gasteiger partial charge in [-0.05, 0) is 40.9 Å². The second-order valence-corrected chi connectivity index (χ2v) is 4.38. The fourth-order valence-electron chi connectivity index (χ4n) is 1.84. The Balaban J connectivity index is 2.18. The second kappa shape index (κ2) is 4.29. The minimum absolute atomic E-state index is 0.167. The number of carboxylic acid groups (broad SMARTS) is 1. The summed E-state index contributed by atoms with van der Waals surface area (Å²) in [5, 5.41) is 8.95. The summed E-state index contributed by atoms with van der Waals surface area (Å²) in [6.45, 7) is 0.466. The van der Waals surface area contributed by atoms with E-state index in [4.69, 9.17) is 9.52 Å². The molecule has 2 heterocycles. The molecule has 5 nitrogen and oxygen atoms in total. The van der Waals surface area contributed by atoms with Crippen molar-refractivity contribution in [1.29, 1.82) is 0 Å². The number of amides is 1. The molecular formula is C10H10BrNO4. The van der Waals surface area contributed by atoms with Gasteiger partial charge in [-0.25, -0.2) is 4.79 Å². The van der Waals surface area contributed by atoms with Gasteiger partial charge in [0.05, 0.1) is 0 Å². The molecule has 0 saturated carbocycles. The highest BCUT2D eigenvalue weighted by Crippen LogP contribution is 2.22. The van der Waals surface area contributed by atoms with E-state index in [-0.39, 0.29) is 11.7 Å². The van der Waals surface area contributed by atoms with Crippen molar-refractivity contribution < 1.29 is 19.1 Å². The molecule has 1 atom stereocenters. The number of aliphatic carboxylic acids is 1. The standard InChI is InChI=1S/C10H10BrNO4/c11-8-4-3-7(16-8)9(13)12-5-1-2-6(12)10(14)15/h3-4,6H,1-2,5H2,(H,14,15)/t6-/m0/s1. The average molecular weight is 288 g/mol. The summed E-state index contributed by atoms with van der Waals surface area (Å²) < 4.78 is 5.58. The quantitative estimate of drug-likeness (QED) is 0.899. The number of carbonyl (C=O) groups is 2. The van der Waals surface area contributed by atoms with E-state index in [0.717, 1.165) is 0 Å². The number of likely N-dealkylation sites (tertiary alicyclic amines) is 1. The first-order valence-corrected chi connectivity index (χ1v) is 5.68. The normalized spacial score (nSPS) is 20.1. The lowest BCUT2D eigenvalue weighted by Gasteiger charge is -2.19. The van der Waals surface area contributed by atoms with E-state index in [0.29, 0.717) is 24.1 Å². The third-order valence-corrected chi connectivity index (χ3v) is 3.01. The molecule has 1 N–H and O–H groups in total. The van der Waals surface area contributed by atoms with Gasteiger partial charge in [0.2, 0.25) is 0 Å². The zero-order valence-corrected chi connectivity index (χ0v) is 9.94. The number of furan rings is 1. The van der Waals surface area contributed by atoms with Gasteiger partial charge in [-0.2, -0.15) is 0 Å². The molecule has 0 radical (unpaired) electrons. The third-order valence-electron chi connectivity index (χ3n) is 2.58. The average Bonchev–Trinajstić information content (AvgIpc) is 2.84. The van der Waals surface area contributed by atoms with E-state index in [1.165, 1.54) is 11.0 Å². The van der Waals surface area contributed by atoms with Crippen molar-refractivity contribution in [2.24, 2.45) is 0 Å². The Kier molecular flexibility index (Phi) is 3.00. The molecule has 86 valence electrons. The number of nitrogens with zero attached hydrogens (tertiary/aromatic N) is 1. The Morgan fingerprint density at radius 3 is 2.81 bits per heavy atom. The molecule has 16 heavy (non-hydrogen) atoms. The monoisotopic (exact) mass is 287 g/mol. The first kappa shape index (κ1) is 11.2. The van der Waals surface area contributed by atoms with Crippen molar-refractivity contribution in [1.82, 2.24) is 4.90 Å². The van der Waals surface area contributed by atoms with Crippen LogP contribution in [-0.4, -0.2) is 34.5 Å². The Morgan fingerprint density at radius 2 is 2.25 bits per heavy atom. The highest BCUT2D eigenvalue weighted by molar-refractivity contribution is 9.10. The maximum absolute atomic E-state index is 11.9. The molecule has 1 aromatic rings.